The van der Waals surface area contributed by atoms with E-state index in [0.29, 0.717) is 25.4 Å². The number of carbonyl (C=O) groups is 1. The van der Waals surface area contributed by atoms with Gasteiger partial charge in [0.2, 0.25) is 5.91 Å². The molecule has 0 aromatic rings. The Balaban J connectivity index is 2.20. The average molecular weight is 153 g/mol. The molecule has 0 radical (unpaired) electrons. The van der Waals surface area contributed by atoms with E-state index in [0.717, 1.165) is 0 Å². The highest BCUT2D eigenvalue weighted by atomic mass is 16.2. The minimum atomic E-state index is -0.0146. The highest BCUT2D eigenvalue weighted by Crippen LogP contribution is 2.17. The Labute approximate surface area is 65.6 Å². The van der Waals surface area contributed by atoms with Crippen LogP contribution in [0.1, 0.15) is 6.42 Å². The number of nitrogens with zero attached hydrogens (tertiary/aromatic N) is 2. The van der Waals surface area contributed by atoms with Gasteiger partial charge >= 0.3 is 0 Å². The van der Waals surface area contributed by atoms with E-state index >= 15 is 0 Å². The molecule has 1 fully saturated rings. The Hall–Kier alpha value is -1.08. The van der Waals surface area contributed by atoms with Gasteiger partial charge in [-0.2, -0.15) is 5.26 Å². The molecule has 0 aromatic heterocycles. The van der Waals surface area contributed by atoms with Crippen molar-refractivity contribution < 1.29 is 4.79 Å². The van der Waals surface area contributed by atoms with Crippen LogP contribution in [0.25, 0.3) is 0 Å². The second-order valence-electron chi connectivity index (χ2n) is 2.73. The van der Waals surface area contributed by atoms with Gasteiger partial charge in [0.15, 0.2) is 0 Å². The van der Waals surface area contributed by atoms with Gasteiger partial charge in [-0.25, -0.2) is 0 Å². The molecule has 11 heavy (non-hydrogen) atoms. The Morgan fingerprint density at radius 3 is 2.82 bits per heavy atom. The second-order valence-corrected chi connectivity index (χ2v) is 2.73. The van der Waals surface area contributed by atoms with Gasteiger partial charge in [-0.05, 0) is 0 Å². The number of hydrogen-bond donors (Lipinski definition) is 1. The molecule has 0 unspecified atom stereocenters. The summed E-state index contributed by atoms with van der Waals surface area (Å²) in [6, 6.07) is 2.08. The van der Waals surface area contributed by atoms with Crippen molar-refractivity contribution in [3.63, 3.8) is 0 Å². The van der Waals surface area contributed by atoms with Crippen molar-refractivity contribution >= 4 is 5.91 Å². The molecule has 4 heteroatoms. The smallest absolute Gasteiger partial charge is 0.236 e. The summed E-state index contributed by atoms with van der Waals surface area (Å²) in [7, 11) is 0. The van der Waals surface area contributed by atoms with Crippen LogP contribution in [0.3, 0.4) is 0 Å². The Morgan fingerprint density at radius 2 is 2.36 bits per heavy atom. The molecule has 0 aliphatic carbocycles. The van der Waals surface area contributed by atoms with Gasteiger partial charge in [0.05, 0.1) is 12.6 Å². The molecule has 60 valence electrons. The van der Waals surface area contributed by atoms with Gasteiger partial charge in [0, 0.05) is 25.4 Å². The first kappa shape index (κ1) is 8.02. The first-order chi connectivity index (χ1) is 5.27. The fourth-order valence-electron chi connectivity index (χ4n) is 1.16. The minimum Gasteiger partial charge on any atom is -0.341 e. The maximum absolute atomic E-state index is 10.9. The number of nitrogens with two attached hydrogens (primary N) is 1. The standard InChI is InChI=1S/C7H11N3O/c8-2-1-6-4-10(5-6)7(11)3-9/h6H,1,3-5,9H2. The summed E-state index contributed by atoms with van der Waals surface area (Å²) in [5, 5.41) is 8.31. The summed E-state index contributed by atoms with van der Waals surface area (Å²) >= 11 is 0. The van der Waals surface area contributed by atoms with E-state index in [1.54, 1.807) is 4.90 Å². The number of amides is 1. The lowest BCUT2D eigenvalue weighted by atomic mass is 9.97. The molecule has 1 saturated heterocycles. The molecule has 1 aliphatic rings. The molecule has 4 nitrogen and oxygen atoms in total. The molecule has 0 saturated carbocycles. The van der Waals surface area contributed by atoms with Crippen LogP contribution in [0.5, 0.6) is 0 Å². The van der Waals surface area contributed by atoms with Gasteiger partial charge in [-0.3, -0.25) is 4.79 Å². The molecule has 0 aromatic carbocycles. The van der Waals surface area contributed by atoms with Crippen molar-refractivity contribution in [2.45, 2.75) is 6.42 Å². The van der Waals surface area contributed by atoms with Gasteiger partial charge in [-0.1, -0.05) is 0 Å². The van der Waals surface area contributed by atoms with Crippen molar-refractivity contribution in [3.05, 3.63) is 0 Å². The summed E-state index contributed by atoms with van der Waals surface area (Å²) in [4.78, 5) is 12.5. The van der Waals surface area contributed by atoms with Crippen LogP contribution in [0, 0.1) is 17.2 Å². The van der Waals surface area contributed by atoms with Crippen molar-refractivity contribution in [3.8, 4) is 6.07 Å². The highest BCUT2D eigenvalue weighted by Gasteiger charge is 2.28. The van der Waals surface area contributed by atoms with Gasteiger partial charge in [0.1, 0.15) is 0 Å². The first-order valence-corrected chi connectivity index (χ1v) is 3.62. The zero-order chi connectivity index (χ0) is 8.27. The molecule has 1 aliphatic heterocycles. The van der Waals surface area contributed by atoms with E-state index in [9.17, 15) is 4.79 Å². The molecular formula is C7H11N3O. The Kier molecular flexibility index (Phi) is 2.44. The van der Waals surface area contributed by atoms with Gasteiger partial charge < -0.3 is 10.6 Å². The van der Waals surface area contributed by atoms with E-state index in [-0.39, 0.29) is 12.5 Å². The van der Waals surface area contributed by atoms with Crippen LogP contribution in [0.4, 0.5) is 0 Å². The third-order valence-electron chi connectivity index (χ3n) is 1.86. The van der Waals surface area contributed by atoms with Crippen LogP contribution in [0.2, 0.25) is 0 Å². The second kappa shape index (κ2) is 3.35. The molecule has 0 spiro atoms. The molecule has 0 bridgehead atoms. The highest BCUT2D eigenvalue weighted by molar-refractivity contribution is 5.78. The quantitative estimate of drug-likeness (QED) is 0.571. The van der Waals surface area contributed by atoms with Crippen LogP contribution >= 0.6 is 0 Å². The SMILES string of the molecule is N#CCC1CN(C(=O)CN)C1. The topological polar surface area (TPSA) is 70.1 Å². The fraction of sp³-hybridized carbons (Fsp3) is 0.714. The van der Waals surface area contributed by atoms with Crippen LogP contribution in [0.15, 0.2) is 0 Å². The Morgan fingerprint density at radius 1 is 1.73 bits per heavy atom. The molecule has 1 heterocycles. The van der Waals surface area contributed by atoms with E-state index in [4.69, 9.17) is 11.0 Å². The largest absolute Gasteiger partial charge is 0.341 e. The van der Waals surface area contributed by atoms with Crippen molar-refractivity contribution in [1.29, 1.82) is 5.26 Å². The van der Waals surface area contributed by atoms with E-state index in [2.05, 4.69) is 6.07 Å². The summed E-state index contributed by atoms with van der Waals surface area (Å²) < 4.78 is 0. The number of rotatable bonds is 2. The lowest BCUT2D eigenvalue weighted by Crippen LogP contribution is -2.51. The molecular weight excluding hydrogens is 142 g/mol. The van der Waals surface area contributed by atoms with Crippen molar-refractivity contribution in [2.24, 2.45) is 11.7 Å². The summed E-state index contributed by atoms with van der Waals surface area (Å²) in [5.41, 5.74) is 5.15. The summed E-state index contributed by atoms with van der Waals surface area (Å²) in [6.07, 6.45) is 0.550. The predicted octanol–water partition coefficient (Wildman–Crippen LogP) is -0.683. The van der Waals surface area contributed by atoms with Gasteiger partial charge in [0.25, 0.3) is 0 Å². The van der Waals surface area contributed by atoms with Crippen LogP contribution < -0.4 is 5.73 Å². The van der Waals surface area contributed by atoms with Gasteiger partial charge in [-0.15, -0.1) is 0 Å². The maximum atomic E-state index is 10.9. The van der Waals surface area contributed by atoms with Crippen LogP contribution in [-0.2, 0) is 4.79 Å². The monoisotopic (exact) mass is 153 g/mol. The molecule has 1 amide bonds. The van der Waals surface area contributed by atoms with E-state index in [1.807, 2.05) is 0 Å². The molecule has 2 N–H and O–H groups in total. The summed E-state index contributed by atoms with van der Waals surface area (Å²) in [6.45, 7) is 1.51. The fourth-order valence-corrected chi connectivity index (χ4v) is 1.16. The third kappa shape index (κ3) is 1.69. The van der Waals surface area contributed by atoms with E-state index < -0.39 is 0 Å². The zero-order valence-electron chi connectivity index (χ0n) is 6.29. The number of carbonyl (C=O) groups excluding carboxylic acids is 1. The van der Waals surface area contributed by atoms with E-state index in [1.165, 1.54) is 0 Å². The zero-order valence-corrected chi connectivity index (χ0v) is 6.29. The third-order valence-corrected chi connectivity index (χ3v) is 1.86. The van der Waals surface area contributed by atoms with Crippen molar-refractivity contribution in [2.75, 3.05) is 19.6 Å². The number of nitriles is 1. The minimum absolute atomic E-state index is 0.0146. The lowest BCUT2D eigenvalue weighted by molar-refractivity contribution is -0.135. The predicted molar refractivity (Wildman–Crippen MR) is 39.4 cm³/mol. The number of likely N-dealkylation sites (tertiary alicyclic amines) is 1. The number of hydrogen-bond acceptors (Lipinski definition) is 3. The van der Waals surface area contributed by atoms with Crippen LogP contribution in [-0.4, -0.2) is 30.4 Å². The molecule has 0 atom stereocenters. The normalized spacial score (nSPS) is 17.3. The lowest BCUT2D eigenvalue weighted by Gasteiger charge is -2.37. The molecule has 1 rings (SSSR count). The first-order valence-electron chi connectivity index (χ1n) is 3.62. The average Bonchev–Trinajstić information content (AvgIpc) is 1.94. The Bertz CT molecular complexity index is 190. The summed E-state index contributed by atoms with van der Waals surface area (Å²) in [5.74, 6) is 0.370. The maximum Gasteiger partial charge on any atom is 0.236 e. The van der Waals surface area contributed by atoms with Crippen molar-refractivity contribution in [1.82, 2.24) is 4.90 Å².